The van der Waals surface area contributed by atoms with Crippen molar-refractivity contribution in [3.05, 3.63) is 21.3 Å². The molecule has 15 heavy (non-hydrogen) atoms. The lowest BCUT2D eigenvalue weighted by Gasteiger charge is -2.28. The van der Waals surface area contributed by atoms with E-state index in [9.17, 15) is 4.79 Å². The van der Waals surface area contributed by atoms with Crippen molar-refractivity contribution < 1.29 is 9.53 Å². The number of esters is 1. The monoisotopic (exact) mass is 247 g/mol. The number of methoxy groups -OCH3 is 1. The summed E-state index contributed by atoms with van der Waals surface area (Å²) in [4.78, 5) is 12.3. The van der Waals surface area contributed by atoms with Crippen LogP contribution < -0.4 is 5.73 Å². The summed E-state index contributed by atoms with van der Waals surface area (Å²) in [5, 5.41) is 2.52. The first-order valence-electron chi connectivity index (χ1n) is 4.48. The van der Waals surface area contributed by atoms with Crippen molar-refractivity contribution in [2.24, 2.45) is 5.73 Å². The highest BCUT2D eigenvalue weighted by molar-refractivity contribution is 7.10. The van der Waals surface area contributed by atoms with E-state index in [-0.39, 0.29) is 0 Å². The summed E-state index contributed by atoms with van der Waals surface area (Å²) in [5.41, 5.74) is 5.32. The molecular formula is C10H14ClNO2S. The zero-order chi connectivity index (χ0) is 11.6. The summed E-state index contributed by atoms with van der Waals surface area (Å²) in [6.45, 7) is 3.76. The Hall–Kier alpha value is -0.580. The van der Waals surface area contributed by atoms with Crippen molar-refractivity contribution in [3.63, 3.8) is 0 Å². The minimum Gasteiger partial charge on any atom is -0.468 e. The molecule has 0 spiro atoms. The molecule has 1 aromatic heterocycles. The van der Waals surface area contributed by atoms with Gasteiger partial charge in [-0.2, -0.15) is 0 Å². The molecule has 0 aliphatic rings. The largest absolute Gasteiger partial charge is 0.468 e. The van der Waals surface area contributed by atoms with Crippen LogP contribution in [0.1, 0.15) is 18.7 Å². The molecule has 0 amide bonds. The van der Waals surface area contributed by atoms with Gasteiger partial charge in [-0.3, -0.25) is 4.79 Å². The van der Waals surface area contributed by atoms with Gasteiger partial charge in [-0.05, 0) is 11.4 Å². The van der Waals surface area contributed by atoms with Crippen LogP contribution >= 0.6 is 22.9 Å². The van der Waals surface area contributed by atoms with Gasteiger partial charge >= 0.3 is 5.97 Å². The fourth-order valence-electron chi connectivity index (χ4n) is 1.32. The van der Waals surface area contributed by atoms with Gasteiger partial charge in [-0.1, -0.05) is 25.4 Å². The molecule has 0 aliphatic carbocycles. The van der Waals surface area contributed by atoms with Gasteiger partial charge in [0.05, 0.1) is 12.1 Å². The Kier molecular flexibility index (Phi) is 3.76. The predicted octanol–water partition coefficient (Wildman–Crippen LogP) is 2.18. The number of thiophene rings is 1. The quantitative estimate of drug-likeness (QED) is 0.833. The minimum absolute atomic E-state index is 0.426. The molecule has 0 saturated heterocycles. The number of halogens is 1. The van der Waals surface area contributed by atoms with Gasteiger partial charge in [-0.15, -0.1) is 11.3 Å². The van der Waals surface area contributed by atoms with Crippen LogP contribution in [0.5, 0.6) is 0 Å². The third-order valence-electron chi connectivity index (χ3n) is 2.44. The van der Waals surface area contributed by atoms with Gasteiger partial charge in [-0.25, -0.2) is 0 Å². The second-order valence-corrected chi connectivity index (χ2v) is 5.14. The summed E-state index contributed by atoms with van der Waals surface area (Å²) >= 11 is 7.51. The molecule has 0 aliphatic heterocycles. The molecule has 1 atom stereocenters. The number of rotatable bonds is 3. The van der Waals surface area contributed by atoms with Gasteiger partial charge in [0.25, 0.3) is 0 Å². The fraction of sp³-hybridized carbons (Fsp3) is 0.500. The lowest BCUT2D eigenvalue weighted by molar-refractivity contribution is -0.143. The molecule has 2 N–H and O–H groups in total. The van der Waals surface area contributed by atoms with Crippen LogP contribution in [0.4, 0.5) is 0 Å². The van der Waals surface area contributed by atoms with E-state index < -0.39 is 17.4 Å². The smallest absolute Gasteiger partial charge is 0.323 e. The number of hydrogen-bond acceptors (Lipinski definition) is 4. The first-order chi connectivity index (χ1) is 6.91. The lowest BCUT2D eigenvalue weighted by Crippen LogP contribution is -2.47. The van der Waals surface area contributed by atoms with E-state index in [2.05, 4.69) is 4.74 Å². The van der Waals surface area contributed by atoms with E-state index in [1.165, 1.54) is 18.4 Å². The number of nitrogens with two attached hydrogens (primary N) is 1. The molecule has 1 aromatic rings. The molecule has 1 heterocycles. The normalized spacial score (nSPS) is 13.7. The van der Waals surface area contributed by atoms with Crippen molar-refractivity contribution in [2.75, 3.05) is 7.11 Å². The number of ether oxygens (including phenoxy) is 1. The highest BCUT2D eigenvalue weighted by atomic mass is 35.5. The molecule has 5 heteroatoms. The Bertz CT molecular complexity index is 362. The van der Waals surface area contributed by atoms with Crippen LogP contribution in [0, 0.1) is 0 Å². The molecule has 0 fully saturated rings. The van der Waals surface area contributed by atoms with E-state index in [0.717, 1.165) is 4.88 Å². The number of carbonyl (C=O) groups excluding carboxylic acids is 1. The predicted molar refractivity (Wildman–Crippen MR) is 62.3 cm³/mol. The van der Waals surface area contributed by atoms with Crippen LogP contribution in [0.2, 0.25) is 5.02 Å². The Morgan fingerprint density at radius 2 is 2.27 bits per heavy atom. The average molecular weight is 248 g/mol. The third kappa shape index (κ3) is 2.33. The van der Waals surface area contributed by atoms with Crippen molar-refractivity contribution in [2.45, 2.75) is 25.3 Å². The van der Waals surface area contributed by atoms with Gasteiger partial charge in [0.2, 0.25) is 0 Å². The fourth-order valence-corrected chi connectivity index (χ4v) is 2.78. The zero-order valence-electron chi connectivity index (χ0n) is 8.91. The standard InChI is InChI=1S/C10H14ClNO2S/c1-10(2,7(12)9(13)14-3)8-6(11)4-5-15-8/h4-5,7H,12H2,1-3H3. The number of carbonyl (C=O) groups is 1. The topological polar surface area (TPSA) is 52.3 Å². The van der Waals surface area contributed by atoms with Crippen LogP contribution in [0.15, 0.2) is 11.4 Å². The molecule has 84 valence electrons. The second-order valence-electron chi connectivity index (χ2n) is 3.82. The Morgan fingerprint density at radius 3 is 2.67 bits per heavy atom. The lowest BCUT2D eigenvalue weighted by atomic mass is 9.83. The van der Waals surface area contributed by atoms with Crippen molar-refractivity contribution >= 4 is 28.9 Å². The molecule has 3 nitrogen and oxygen atoms in total. The summed E-state index contributed by atoms with van der Waals surface area (Å²) in [6.07, 6.45) is 0. The van der Waals surface area contributed by atoms with Crippen molar-refractivity contribution in [1.29, 1.82) is 0 Å². The zero-order valence-corrected chi connectivity index (χ0v) is 10.5. The molecule has 0 saturated carbocycles. The molecule has 0 aromatic carbocycles. The van der Waals surface area contributed by atoms with Crippen LogP contribution in [0.25, 0.3) is 0 Å². The van der Waals surface area contributed by atoms with E-state index in [0.29, 0.717) is 5.02 Å². The van der Waals surface area contributed by atoms with Gasteiger partial charge in [0, 0.05) is 10.3 Å². The maximum atomic E-state index is 11.4. The van der Waals surface area contributed by atoms with Crippen molar-refractivity contribution in [1.82, 2.24) is 0 Å². The molecule has 1 rings (SSSR count). The van der Waals surface area contributed by atoms with Crippen LogP contribution in [0.3, 0.4) is 0 Å². The first kappa shape index (κ1) is 12.5. The van der Waals surface area contributed by atoms with Gasteiger partial charge in [0.1, 0.15) is 6.04 Å². The maximum absolute atomic E-state index is 11.4. The average Bonchev–Trinajstić information content (AvgIpc) is 2.62. The van der Waals surface area contributed by atoms with E-state index in [1.807, 2.05) is 19.2 Å². The summed E-state index contributed by atoms with van der Waals surface area (Å²) in [6, 6.07) is 1.09. The number of hydrogen-bond donors (Lipinski definition) is 1. The third-order valence-corrected chi connectivity index (χ3v) is 4.12. The van der Waals surface area contributed by atoms with E-state index in [1.54, 1.807) is 6.07 Å². The molecule has 0 bridgehead atoms. The second kappa shape index (κ2) is 4.51. The van der Waals surface area contributed by atoms with E-state index in [4.69, 9.17) is 17.3 Å². The van der Waals surface area contributed by atoms with Crippen molar-refractivity contribution in [3.8, 4) is 0 Å². The molecule has 1 unspecified atom stereocenters. The first-order valence-corrected chi connectivity index (χ1v) is 5.74. The van der Waals surface area contributed by atoms with E-state index >= 15 is 0 Å². The Morgan fingerprint density at radius 1 is 1.67 bits per heavy atom. The summed E-state index contributed by atoms with van der Waals surface area (Å²) in [5.74, 6) is -0.426. The van der Waals surface area contributed by atoms with Crippen LogP contribution in [-0.2, 0) is 14.9 Å². The minimum atomic E-state index is -0.710. The van der Waals surface area contributed by atoms with Gasteiger partial charge in [0.15, 0.2) is 0 Å². The molecular weight excluding hydrogens is 234 g/mol. The SMILES string of the molecule is COC(=O)C(N)C(C)(C)c1sccc1Cl. The van der Waals surface area contributed by atoms with Gasteiger partial charge < -0.3 is 10.5 Å². The summed E-state index contributed by atoms with van der Waals surface area (Å²) < 4.78 is 4.63. The molecule has 0 radical (unpaired) electrons. The Balaban J connectivity index is 3.02. The maximum Gasteiger partial charge on any atom is 0.323 e. The Labute approximate surface area is 98.2 Å². The highest BCUT2D eigenvalue weighted by Crippen LogP contribution is 2.36. The highest BCUT2D eigenvalue weighted by Gasteiger charge is 2.36. The summed E-state index contributed by atoms with van der Waals surface area (Å²) in [7, 11) is 1.33. The van der Waals surface area contributed by atoms with Crippen LogP contribution in [-0.4, -0.2) is 19.1 Å².